The van der Waals surface area contributed by atoms with Gasteiger partial charge in [-0.05, 0) is 17.2 Å². The maximum absolute atomic E-state index is 13.4. The molecule has 1 heterocycles. The van der Waals surface area contributed by atoms with Crippen molar-refractivity contribution >= 4 is 11.7 Å². The van der Waals surface area contributed by atoms with Crippen LogP contribution in [0, 0.1) is 0 Å². The van der Waals surface area contributed by atoms with E-state index < -0.39 is 12.0 Å². The van der Waals surface area contributed by atoms with Crippen molar-refractivity contribution in [2.24, 2.45) is 0 Å². The average molecular weight is 327 g/mol. The molecule has 3 nitrogen and oxygen atoms in total. The van der Waals surface area contributed by atoms with E-state index in [1.165, 1.54) is 0 Å². The van der Waals surface area contributed by atoms with Crippen LogP contribution in [0.4, 0.5) is 0 Å². The molecule has 0 spiro atoms. The van der Waals surface area contributed by atoms with E-state index in [2.05, 4.69) is 5.32 Å². The van der Waals surface area contributed by atoms with Crippen molar-refractivity contribution in [3.05, 3.63) is 107 Å². The molecule has 0 unspecified atom stereocenters. The zero-order chi connectivity index (χ0) is 17.2. The van der Waals surface area contributed by atoms with Crippen LogP contribution >= 0.6 is 0 Å². The van der Waals surface area contributed by atoms with Gasteiger partial charge in [-0.1, -0.05) is 78.9 Å². The fourth-order valence-corrected chi connectivity index (χ4v) is 3.46. The third kappa shape index (κ3) is 2.74. The number of carbonyl (C=O) groups is 2. The molecule has 0 saturated heterocycles. The zero-order valence-electron chi connectivity index (χ0n) is 13.6. The van der Waals surface area contributed by atoms with Crippen LogP contribution in [-0.4, -0.2) is 11.7 Å². The van der Waals surface area contributed by atoms with Crippen LogP contribution in [0.25, 0.3) is 0 Å². The van der Waals surface area contributed by atoms with E-state index in [4.69, 9.17) is 0 Å². The van der Waals surface area contributed by atoms with Gasteiger partial charge in [0.1, 0.15) is 0 Å². The zero-order valence-corrected chi connectivity index (χ0v) is 13.6. The third-order valence-electron chi connectivity index (χ3n) is 4.66. The van der Waals surface area contributed by atoms with Crippen LogP contribution < -0.4 is 5.32 Å². The van der Waals surface area contributed by atoms with Gasteiger partial charge in [0.15, 0.2) is 5.78 Å². The molecule has 1 aliphatic rings. The predicted molar refractivity (Wildman–Crippen MR) is 96.6 cm³/mol. The molecule has 1 amide bonds. The van der Waals surface area contributed by atoms with Crippen molar-refractivity contribution in [3.63, 3.8) is 0 Å². The van der Waals surface area contributed by atoms with Gasteiger partial charge in [0.2, 0.25) is 0 Å². The van der Waals surface area contributed by atoms with Crippen LogP contribution in [0.5, 0.6) is 0 Å². The second kappa shape index (κ2) is 6.36. The van der Waals surface area contributed by atoms with Crippen LogP contribution in [0.3, 0.4) is 0 Å². The minimum absolute atomic E-state index is 0.0333. The highest BCUT2D eigenvalue weighted by Crippen LogP contribution is 2.37. The summed E-state index contributed by atoms with van der Waals surface area (Å²) < 4.78 is 0. The Labute approximate surface area is 146 Å². The Morgan fingerprint density at radius 1 is 0.600 bits per heavy atom. The van der Waals surface area contributed by atoms with E-state index in [0.717, 1.165) is 11.1 Å². The summed E-state index contributed by atoms with van der Waals surface area (Å²) in [6.07, 6.45) is 0. The number of hydrogen-bond donors (Lipinski definition) is 1. The number of fused-ring (bicyclic) bond motifs is 1. The first-order chi connectivity index (χ1) is 12.3. The molecular formula is C22H17NO2. The van der Waals surface area contributed by atoms with Gasteiger partial charge >= 0.3 is 0 Å². The first-order valence-corrected chi connectivity index (χ1v) is 8.29. The molecule has 25 heavy (non-hydrogen) atoms. The smallest absolute Gasteiger partial charge is 0.252 e. The molecule has 1 aliphatic heterocycles. The lowest BCUT2D eigenvalue weighted by Gasteiger charge is -2.25. The highest BCUT2D eigenvalue weighted by Gasteiger charge is 2.37. The first-order valence-electron chi connectivity index (χ1n) is 8.29. The number of carbonyl (C=O) groups excluding carboxylic acids is 2. The molecule has 0 fully saturated rings. The molecule has 3 aromatic rings. The molecule has 0 aromatic heterocycles. The SMILES string of the molecule is O=C1N[C@H](c2ccccc2)[C@@H](c2ccccc2)C(=O)c2ccccc21. The molecular weight excluding hydrogens is 310 g/mol. The van der Waals surface area contributed by atoms with Crippen LogP contribution in [-0.2, 0) is 0 Å². The fourth-order valence-electron chi connectivity index (χ4n) is 3.46. The Morgan fingerprint density at radius 3 is 1.76 bits per heavy atom. The van der Waals surface area contributed by atoms with Crippen molar-refractivity contribution in [1.82, 2.24) is 5.32 Å². The van der Waals surface area contributed by atoms with E-state index in [0.29, 0.717) is 11.1 Å². The molecule has 3 aromatic carbocycles. The van der Waals surface area contributed by atoms with E-state index in [1.54, 1.807) is 24.3 Å². The quantitative estimate of drug-likeness (QED) is 0.769. The summed E-state index contributed by atoms with van der Waals surface area (Å²) >= 11 is 0. The van der Waals surface area contributed by atoms with Crippen molar-refractivity contribution < 1.29 is 9.59 Å². The normalized spacial score (nSPS) is 19.7. The number of amides is 1. The summed E-state index contributed by atoms with van der Waals surface area (Å²) in [5.41, 5.74) is 2.74. The number of benzene rings is 3. The Bertz CT molecular complexity index is 919. The average Bonchev–Trinajstić information content (AvgIpc) is 2.79. The molecule has 122 valence electrons. The van der Waals surface area contributed by atoms with Crippen molar-refractivity contribution in [3.8, 4) is 0 Å². The molecule has 0 bridgehead atoms. The first kappa shape index (κ1) is 15.3. The number of Topliss-reactive ketones (excluding diaryl/α,β-unsaturated/α-hetero) is 1. The second-order valence-corrected chi connectivity index (χ2v) is 6.16. The second-order valence-electron chi connectivity index (χ2n) is 6.16. The van der Waals surface area contributed by atoms with Crippen LogP contribution in [0.2, 0.25) is 0 Å². The molecule has 0 aliphatic carbocycles. The summed E-state index contributed by atoms with van der Waals surface area (Å²) in [7, 11) is 0. The molecule has 2 atom stereocenters. The summed E-state index contributed by atoms with van der Waals surface area (Å²) in [5, 5.41) is 3.07. The Morgan fingerprint density at radius 2 is 1.12 bits per heavy atom. The lowest BCUT2D eigenvalue weighted by Crippen LogP contribution is -2.32. The van der Waals surface area contributed by atoms with Crippen LogP contribution in [0.15, 0.2) is 84.9 Å². The third-order valence-corrected chi connectivity index (χ3v) is 4.66. The number of nitrogens with one attached hydrogen (secondary N) is 1. The highest BCUT2D eigenvalue weighted by atomic mass is 16.2. The molecule has 4 rings (SSSR count). The van der Waals surface area contributed by atoms with Crippen molar-refractivity contribution in [2.45, 2.75) is 12.0 Å². The van der Waals surface area contributed by atoms with Gasteiger partial charge in [-0.25, -0.2) is 0 Å². The summed E-state index contributed by atoms with van der Waals surface area (Å²) in [6.45, 7) is 0. The number of rotatable bonds is 2. The topological polar surface area (TPSA) is 46.2 Å². The monoisotopic (exact) mass is 327 g/mol. The van der Waals surface area contributed by atoms with Gasteiger partial charge < -0.3 is 5.32 Å². The van der Waals surface area contributed by atoms with Gasteiger partial charge in [-0.2, -0.15) is 0 Å². The maximum atomic E-state index is 13.4. The van der Waals surface area contributed by atoms with Gasteiger partial charge in [0, 0.05) is 5.56 Å². The van der Waals surface area contributed by atoms with Crippen molar-refractivity contribution in [1.29, 1.82) is 0 Å². The summed E-state index contributed by atoms with van der Waals surface area (Å²) in [4.78, 5) is 26.1. The van der Waals surface area contributed by atoms with Crippen molar-refractivity contribution in [2.75, 3.05) is 0 Å². The van der Waals surface area contributed by atoms with E-state index in [1.807, 2.05) is 60.7 Å². The molecule has 1 N–H and O–H groups in total. The molecule has 0 radical (unpaired) electrons. The molecule has 0 saturated carbocycles. The minimum Gasteiger partial charge on any atom is -0.344 e. The summed E-state index contributed by atoms with van der Waals surface area (Å²) in [5.74, 6) is -0.707. The van der Waals surface area contributed by atoms with E-state index >= 15 is 0 Å². The van der Waals surface area contributed by atoms with Gasteiger partial charge in [0.25, 0.3) is 5.91 Å². The standard InChI is InChI=1S/C22H17NO2/c24-21-17-13-7-8-14-18(17)22(25)23-20(16-11-5-2-6-12-16)19(21)15-9-3-1-4-10-15/h1-14,19-20H,(H,23,25)/t19-,20-/m1/s1. The largest absolute Gasteiger partial charge is 0.344 e. The van der Waals surface area contributed by atoms with Gasteiger partial charge in [0.05, 0.1) is 17.5 Å². The number of hydrogen-bond acceptors (Lipinski definition) is 2. The van der Waals surface area contributed by atoms with E-state index in [-0.39, 0.29) is 11.7 Å². The van der Waals surface area contributed by atoms with E-state index in [9.17, 15) is 9.59 Å². The lowest BCUT2D eigenvalue weighted by molar-refractivity contribution is 0.0919. The van der Waals surface area contributed by atoms with Gasteiger partial charge in [-0.3, -0.25) is 9.59 Å². The lowest BCUT2D eigenvalue weighted by atomic mass is 9.82. The predicted octanol–water partition coefficient (Wildman–Crippen LogP) is 4.14. The Kier molecular flexibility index (Phi) is 3.90. The maximum Gasteiger partial charge on any atom is 0.252 e. The molecule has 3 heteroatoms. The Balaban J connectivity index is 1.91. The highest BCUT2D eigenvalue weighted by molar-refractivity contribution is 6.12. The number of ketones is 1. The minimum atomic E-state index is -0.462. The fraction of sp³-hybridized carbons (Fsp3) is 0.0909. The van der Waals surface area contributed by atoms with Crippen LogP contribution in [0.1, 0.15) is 43.8 Å². The van der Waals surface area contributed by atoms with Gasteiger partial charge in [-0.15, -0.1) is 0 Å². The Hall–Kier alpha value is -3.20. The summed E-state index contributed by atoms with van der Waals surface area (Å²) in [6, 6.07) is 25.9.